The Labute approximate surface area is 170 Å². The molecule has 29 heavy (non-hydrogen) atoms. The minimum absolute atomic E-state index is 0.157. The summed E-state index contributed by atoms with van der Waals surface area (Å²) in [5, 5.41) is 2.72. The smallest absolute Gasteiger partial charge is 0.338 e. The highest BCUT2D eigenvalue weighted by atomic mass is 32.2. The number of hydrogen-bond acceptors (Lipinski definition) is 5. The summed E-state index contributed by atoms with van der Waals surface area (Å²) in [6.07, 6.45) is 1.69. The molecule has 0 aliphatic carbocycles. The molecule has 0 aromatic heterocycles. The molecule has 0 atom stereocenters. The molecule has 1 fully saturated rings. The molecule has 8 heteroatoms. The zero-order chi connectivity index (χ0) is 21.0. The topological polar surface area (TPSA) is 92.8 Å². The van der Waals surface area contributed by atoms with E-state index in [1.54, 1.807) is 50.2 Å². The summed E-state index contributed by atoms with van der Waals surface area (Å²) < 4.78 is 32.2. The van der Waals surface area contributed by atoms with Crippen LogP contribution >= 0.6 is 0 Å². The second-order valence-electron chi connectivity index (χ2n) is 6.84. The third kappa shape index (κ3) is 4.65. The van der Waals surface area contributed by atoms with Crippen LogP contribution < -0.4 is 5.32 Å². The van der Waals surface area contributed by atoms with E-state index in [1.807, 2.05) is 0 Å². The Morgan fingerprint density at radius 1 is 1.03 bits per heavy atom. The van der Waals surface area contributed by atoms with Crippen molar-refractivity contribution in [1.82, 2.24) is 4.31 Å². The number of ether oxygens (including phenoxy) is 1. The first-order chi connectivity index (χ1) is 13.8. The van der Waals surface area contributed by atoms with Gasteiger partial charge in [-0.05, 0) is 68.7 Å². The molecule has 3 rings (SSSR count). The Bertz CT molecular complexity index is 1010. The summed E-state index contributed by atoms with van der Waals surface area (Å²) in [4.78, 5) is 24.5. The zero-order valence-electron chi connectivity index (χ0n) is 16.5. The van der Waals surface area contributed by atoms with E-state index < -0.39 is 21.9 Å². The predicted molar refractivity (Wildman–Crippen MR) is 110 cm³/mol. The fourth-order valence-electron chi connectivity index (χ4n) is 3.19. The highest BCUT2D eigenvalue weighted by molar-refractivity contribution is 7.89. The molecular weight excluding hydrogens is 392 g/mol. The molecule has 1 aliphatic rings. The first-order valence-electron chi connectivity index (χ1n) is 9.52. The lowest BCUT2D eigenvalue weighted by atomic mass is 10.1. The first kappa shape index (κ1) is 21.0. The van der Waals surface area contributed by atoms with Crippen molar-refractivity contribution < 1.29 is 22.7 Å². The van der Waals surface area contributed by atoms with Crippen molar-refractivity contribution in [2.45, 2.75) is 31.6 Å². The van der Waals surface area contributed by atoms with Gasteiger partial charge in [0.2, 0.25) is 10.0 Å². The van der Waals surface area contributed by atoms with Crippen molar-refractivity contribution in [2.24, 2.45) is 0 Å². The van der Waals surface area contributed by atoms with Gasteiger partial charge in [-0.1, -0.05) is 6.07 Å². The van der Waals surface area contributed by atoms with Crippen molar-refractivity contribution in [1.29, 1.82) is 0 Å². The third-order valence-electron chi connectivity index (χ3n) is 4.79. The van der Waals surface area contributed by atoms with E-state index in [9.17, 15) is 18.0 Å². The van der Waals surface area contributed by atoms with Gasteiger partial charge in [0, 0.05) is 24.3 Å². The van der Waals surface area contributed by atoms with Gasteiger partial charge < -0.3 is 10.1 Å². The fourth-order valence-corrected chi connectivity index (χ4v) is 4.96. The Morgan fingerprint density at radius 2 is 1.66 bits per heavy atom. The van der Waals surface area contributed by atoms with Crippen molar-refractivity contribution >= 4 is 27.6 Å². The number of rotatable bonds is 6. The van der Waals surface area contributed by atoms with Crippen LogP contribution in [0.1, 0.15) is 46.0 Å². The van der Waals surface area contributed by atoms with Crippen LogP contribution in [0.25, 0.3) is 0 Å². The van der Waals surface area contributed by atoms with Crippen molar-refractivity contribution in [3.8, 4) is 0 Å². The van der Waals surface area contributed by atoms with Gasteiger partial charge in [0.15, 0.2) is 0 Å². The lowest BCUT2D eigenvalue weighted by Gasteiger charge is -2.18. The number of carbonyl (C=O) groups is 2. The number of hydrogen-bond donors (Lipinski definition) is 1. The lowest BCUT2D eigenvalue weighted by Crippen LogP contribution is -2.28. The number of nitrogens with one attached hydrogen (secondary N) is 1. The van der Waals surface area contributed by atoms with Crippen LogP contribution in [0.4, 0.5) is 5.69 Å². The van der Waals surface area contributed by atoms with E-state index in [-0.39, 0.29) is 17.1 Å². The average molecular weight is 416 g/mol. The Morgan fingerprint density at radius 3 is 2.28 bits per heavy atom. The van der Waals surface area contributed by atoms with Gasteiger partial charge in [-0.2, -0.15) is 4.31 Å². The SMILES string of the molecule is CCOC(=O)c1ccc(NC(=O)c2ccc(C)c(S(=O)(=O)N3CCCC3)c2)cc1. The second kappa shape index (κ2) is 8.75. The minimum atomic E-state index is -3.62. The Kier molecular flexibility index (Phi) is 6.34. The molecule has 2 aromatic carbocycles. The predicted octanol–water partition coefficient (Wildman–Crippen LogP) is 3.21. The molecular formula is C21H24N2O5S. The lowest BCUT2D eigenvalue weighted by molar-refractivity contribution is 0.0526. The molecule has 1 N–H and O–H groups in total. The molecule has 0 unspecified atom stereocenters. The molecule has 1 amide bonds. The quantitative estimate of drug-likeness (QED) is 0.730. The van der Waals surface area contributed by atoms with E-state index in [4.69, 9.17) is 4.74 Å². The van der Waals surface area contributed by atoms with Gasteiger partial charge in [0.1, 0.15) is 0 Å². The molecule has 0 bridgehead atoms. The molecule has 0 spiro atoms. The van der Waals surface area contributed by atoms with E-state index in [1.165, 1.54) is 10.4 Å². The molecule has 154 valence electrons. The number of nitrogens with zero attached hydrogens (tertiary/aromatic N) is 1. The van der Waals surface area contributed by atoms with Gasteiger partial charge >= 0.3 is 5.97 Å². The Balaban J connectivity index is 1.79. The molecule has 1 aliphatic heterocycles. The minimum Gasteiger partial charge on any atom is -0.462 e. The van der Waals surface area contributed by atoms with E-state index in [2.05, 4.69) is 5.32 Å². The highest BCUT2D eigenvalue weighted by Crippen LogP contribution is 2.25. The van der Waals surface area contributed by atoms with Crippen LogP contribution in [0.15, 0.2) is 47.4 Å². The highest BCUT2D eigenvalue weighted by Gasteiger charge is 2.29. The van der Waals surface area contributed by atoms with Crippen molar-refractivity contribution in [2.75, 3.05) is 25.0 Å². The normalized spacial score (nSPS) is 14.6. The van der Waals surface area contributed by atoms with Crippen LogP contribution in [0.5, 0.6) is 0 Å². The zero-order valence-corrected chi connectivity index (χ0v) is 17.3. The van der Waals surface area contributed by atoms with Crippen LogP contribution in [-0.4, -0.2) is 44.3 Å². The monoisotopic (exact) mass is 416 g/mol. The Hall–Kier alpha value is -2.71. The van der Waals surface area contributed by atoms with Crippen molar-refractivity contribution in [3.05, 3.63) is 59.2 Å². The van der Waals surface area contributed by atoms with Crippen LogP contribution in [-0.2, 0) is 14.8 Å². The third-order valence-corrected chi connectivity index (χ3v) is 6.83. The molecule has 1 heterocycles. The summed E-state index contributed by atoms with van der Waals surface area (Å²) in [5.74, 6) is -0.854. The second-order valence-corrected chi connectivity index (χ2v) is 8.75. The van der Waals surface area contributed by atoms with Gasteiger partial charge in [-0.3, -0.25) is 4.79 Å². The summed E-state index contributed by atoms with van der Waals surface area (Å²) in [6, 6.07) is 11.0. The number of benzene rings is 2. The first-order valence-corrected chi connectivity index (χ1v) is 11.0. The molecule has 1 saturated heterocycles. The van der Waals surface area contributed by atoms with Gasteiger partial charge in [0.25, 0.3) is 5.91 Å². The largest absolute Gasteiger partial charge is 0.462 e. The number of anilines is 1. The summed E-state index contributed by atoms with van der Waals surface area (Å²) >= 11 is 0. The van der Waals surface area contributed by atoms with Crippen LogP contribution in [0.2, 0.25) is 0 Å². The van der Waals surface area contributed by atoms with Gasteiger partial charge in [-0.25, -0.2) is 13.2 Å². The number of aryl methyl sites for hydroxylation is 1. The van der Waals surface area contributed by atoms with E-state index in [0.717, 1.165) is 12.8 Å². The maximum Gasteiger partial charge on any atom is 0.338 e. The van der Waals surface area contributed by atoms with Gasteiger partial charge in [-0.15, -0.1) is 0 Å². The summed E-state index contributed by atoms with van der Waals surface area (Å²) in [6.45, 7) is 4.74. The maximum absolute atomic E-state index is 12.9. The van der Waals surface area contributed by atoms with Crippen LogP contribution in [0, 0.1) is 6.92 Å². The van der Waals surface area contributed by atoms with E-state index >= 15 is 0 Å². The number of carbonyl (C=O) groups excluding carboxylic acids is 2. The van der Waals surface area contributed by atoms with Gasteiger partial charge in [0.05, 0.1) is 17.1 Å². The standard InChI is InChI=1S/C21H24N2O5S/c1-3-28-21(25)16-8-10-18(11-9-16)22-20(24)17-7-6-15(2)19(14-17)29(26,27)23-12-4-5-13-23/h6-11,14H,3-5,12-13H2,1-2H3,(H,22,24). The van der Waals surface area contributed by atoms with E-state index in [0.29, 0.717) is 29.9 Å². The number of esters is 1. The fraction of sp³-hybridized carbons (Fsp3) is 0.333. The average Bonchev–Trinajstić information content (AvgIpc) is 3.24. The summed E-state index contributed by atoms with van der Waals surface area (Å²) in [5.41, 5.74) is 1.74. The maximum atomic E-state index is 12.9. The van der Waals surface area contributed by atoms with Crippen LogP contribution in [0.3, 0.4) is 0 Å². The number of amides is 1. The van der Waals surface area contributed by atoms with Crippen molar-refractivity contribution in [3.63, 3.8) is 0 Å². The molecule has 2 aromatic rings. The molecule has 0 radical (unpaired) electrons. The number of sulfonamides is 1. The molecule has 0 saturated carbocycles. The summed E-state index contributed by atoms with van der Waals surface area (Å²) in [7, 11) is -3.62. The molecule has 7 nitrogen and oxygen atoms in total.